The Morgan fingerprint density at radius 3 is 2.65 bits per heavy atom. The maximum atomic E-state index is 5.73. The number of aromatic nitrogens is 3. The van der Waals surface area contributed by atoms with Crippen LogP contribution in [0, 0.1) is 5.92 Å². The third kappa shape index (κ3) is 3.12. The van der Waals surface area contributed by atoms with E-state index in [1.165, 1.54) is 12.8 Å². The van der Waals surface area contributed by atoms with E-state index < -0.39 is 0 Å². The summed E-state index contributed by atoms with van der Waals surface area (Å²) in [5.41, 5.74) is 5.73. The highest BCUT2D eigenvalue weighted by molar-refractivity contribution is 5.17. The van der Waals surface area contributed by atoms with Crippen molar-refractivity contribution >= 4 is 5.95 Å². The summed E-state index contributed by atoms with van der Waals surface area (Å²) in [6.45, 7) is 4.77. The largest absolute Gasteiger partial charge is 0.370 e. The highest BCUT2D eigenvalue weighted by atomic mass is 16.5. The van der Waals surface area contributed by atoms with Crippen molar-refractivity contribution in [3.63, 3.8) is 0 Å². The molecule has 1 aromatic heterocycles. The normalized spacial score (nSPS) is 17.1. The molecule has 1 aromatic rings. The summed E-state index contributed by atoms with van der Waals surface area (Å²) in [6.07, 6.45) is 4.23. The fraction of sp³-hybridized carbons (Fsp3) is 0.750. The van der Waals surface area contributed by atoms with Crippen LogP contribution in [0.5, 0.6) is 0 Å². The molecule has 0 saturated heterocycles. The van der Waals surface area contributed by atoms with Crippen LogP contribution >= 0.6 is 0 Å². The van der Waals surface area contributed by atoms with Crippen molar-refractivity contribution in [2.45, 2.75) is 45.6 Å². The fourth-order valence-electron chi connectivity index (χ4n) is 1.92. The summed E-state index contributed by atoms with van der Waals surface area (Å²) in [6, 6.07) is 0. The van der Waals surface area contributed by atoms with Crippen molar-refractivity contribution in [2.75, 3.05) is 12.3 Å². The van der Waals surface area contributed by atoms with Crippen LogP contribution in [0.3, 0.4) is 0 Å². The molecule has 1 heterocycles. The first kappa shape index (κ1) is 12.2. The molecule has 1 aliphatic carbocycles. The molecule has 2 N–H and O–H groups in total. The highest BCUT2D eigenvalue weighted by Gasteiger charge is 2.35. The number of nitrogen functional groups attached to an aromatic ring is 1. The first-order chi connectivity index (χ1) is 8.24. The van der Waals surface area contributed by atoms with Crippen LogP contribution in [-0.2, 0) is 11.2 Å². The van der Waals surface area contributed by atoms with E-state index in [4.69, 9.17) is 10.5 Å². The van der Waals surface area contributed by atoms with Gasteiger partial charge in [0.15, 0.2) is 5.82 Å². The number of anilines is 1. The number of hydrogen-bond donors (Lipinski definition) is 1. The van der Waals surface area contributed by atoms with E-state index in [1.807, 2.05) is 6.92 Å². The van der Waals surface area contributed by atoms with Crippen LogP contribution < -0.4 is 5.73 Å². The minimum atomic E-state index is 0.000839. The average molecular weight is 236 g/mol. The Morgan fingerprint density at radius 2 is 2.06 bits per heavy atom. The van der Waals surface area contributed by atoms with E-state index >= 15 is 0 Å². The van der Waals surface area contributed by atoms with Gasteiger partial charge in [0.2, 0.25) is 5.95 Å². The van der Waals surface area contributed by atoms with Crippen LogP contribution in [0.1, 0.15) is 50.9 Å². The standard InChI is InChI=1S/C12H20N4O/c1-3-5-9-14-11(16-12(13)15-9)10(17-4-2)8-6-7-8/h8,10H,3-7H2,1-2H3,(H2,13,14,15,16). The molecule has 5 heteroatoms. The molecule has 94 valence electrons. The van der Waals surface area contributed by atoms with Gasteiger partial charge in [-0.15, -0.1) is 0 Å². The number of aryl methyl sites for hydroxylation is 1. The van der Waals surface area contributed by atoms with E-state index in [-0.39, 0.29) is 6.10 Å². The van der Waals surface area contributed by atoms with Crippen molar-refractivity contribution in [3.05, 3.63) is 11.6 Å². The van der Waals surface area contributed by atoms with Crippen LogP contribution in [-0.4, -0.2) is 21.6 Å². The molecular formula is C12H20N4O. The zero-order valence-electron chi connectivity index (χ0n) is 10.5. The summed E-state index contributed by atoms with van der Waals surface area (Å²) in [7, 11) is 0. The number of ether oxygens (including phenoxy) is 1. The molecule has 0 aromatic carbocycles. The molecule has 0 radical (unpaired) electrons. The van der Waals surface area contributed by atoms with Crippen LogP contribution in [0.4, 0.5) is 5.95 Å². The van der Waals surface area contributed by atoms with Gasteiger partial charge in [-0.3, -0.25) is 0 Å². The third-order valence-corrected chi connectivity index (χ3v) is 2.84. The SMILES string of the molecule is CCCc1nc(N)nc(C(OCC)C2CC2)n1. The topological polar surface area (TPSA) is 73.9 Å². The first-order valence-corrected chi connectivity index (χ1v) is 6.36. The molecule has 1 unspecified atom stereocenters. The van der Waals surface area contributed by atoms with Gasteiger partial charge in [0.05, 0.1) is 0 Å². The Bertz CT molecular complexity index is 379. The van der Waals surface area contributed by atoms with E-state index in [0.29, 0.717) is 24.3 Å². The molecule has 0 spiro atoms. The van der Waals surface area contributed by atoms with Crippen molar-refractivity contribution in [2.24, 2.45) is 5.92 Å². The highest BCUT2D eigenvalue weighted by Crippen LogP contribution is 2.42. The molecule has 1 fully saturated rings. The fourth-order valence-corrected chi connectivity index (χ4v) is 1.92. The quantitative estimate of drug-likeness (QED) is 0.816. The van der Waals surface area contributed by atoms with Gasteiger partial charge in [-0.25, -0.2) is 4.98 Å². The Kier molecular flexibility index (Phi) is 3.89. The van der Waals surface area contributed by atoms with Crippen molar-refractivity contribution in [1.29, 1.82) is 0 Å². The Morgan fingerprint density at radius 1 is 1.29 bits per heavy atom. The van der Waals surface area contributed by atoms with Crippen LogP contribution in [0.2, 0.25) is 0 Å². The summed E-state index contributed by atoms with van der Waals surface area (Å²) < 4.78 is 5.73. The van der Waals surface area contributed by atoms with E-state index in [1.54, 1.807) is 0 Å². The van der Waals surface area contributed by atoms with Crippen molar-refractivity contribution in [1.82, 2.24) is 15.0 Å². The maximum absolute atomic E-state index is 5.73. The Hall–Kier alpha value is -1.23. The molecule has 1 aliphatic rings. The molecule has 0 aliphatic heterocycles. The summed E-state index contributed by atoms with van der Waals surface area (Å²) >= 11 is 0. The molecular weight excluding hydrogens is 216 g/mol. The number of hydrogen-bond acceptors (Lipinski definition) is 5. The van der Waals surface area contributed by atoms with Gasteiger partial charge < -0.3 is 10.5 Å². The third-order valence-electron chi connectivity index (χ3n) is 2.84. The Balaban J connectivity index is 2.22. The van der Waals surface area contributed by atoms with Gasteiger partial charge >= 0.3 is 0 Å². The molecule has 17 heavy (non-hydrogen) atoms. The number of rotatable bonds is 6. The van der Waals surface area contributed by atoms with Crippen LogP contribution in [0.15, 0.2) is 0 Å². The van der Waals surface area contributed by atoms with Crippen molar-refractivity contribution in [3.8, 4) is 0 Å². The van der Waals surface area contributed by atoms with Gasteiger partial charge in [0.25, 0.3) is 0 Å². The van der Waals surface area contributed by atoms with Crippen molar-refractivity contribution < 1.29 is 4.74 Å². The van der Waals surface area contributed by atoms with Gasteiger partial charge in [0, 0.05) is 13.0 Å². The molecule has 1 saturated carbocycles. The maximum Gasteiger partial charge on any atom is 0.223 e. The molecule has 1 atom stereocenters. The number of nitrogens with two attached hydrogens (primary N) is 1. The second-order valence-electron chi connectivity index (χ2n) is 4.43. The summed E-state index contributed by atoms with van der Waals surface area (Å²) in [5, 5.41) is 0. The second-order valence-corrected chi connectivity index (χ2v) is 4.43. The molecule has 5 nitrogen and oxygen atoms in total. The Labute approximate surface area is 102 Å². The summed E-state index contributed by atoms with van der Waals surface area (Å²) in [5.74, 6) is 2.36. The molecule has 2 rings (SSSR count). The lowest BCUT2D eigenvalue weighted by molar-refractivity contribution is 0.0398. The van der Waals surface area contributed by atoms with E-state index in [9.17, 15) is 0 Å². The molecule has 0 amide bonds. The zero-order valence-corrected chi connectivity index (χ0v) is 10.5. The summed E-state index contributed by atoms with van der Waals surface area (Å²) in [4.78, 5) is 12.8. The zero-order chi connectivity index (χ0) is 12.3. The minimum absolute atomic E-state index is 0.000839. The van der Waals surface area contributed by atoms with Gasteiger partial charge in [0.1, 0.15) is 11.9 Å². The second kappa shape index (κ2) is 5.40. The average Bonchev–Trinajstić information content (AvgIpc) is 3.09. The van der Waals surface area contributed by atoms with Gasteiger partial charge in [-0.05, 0) is 32.1 Å². The van der Waals surface area contributed by atoms with Crippen LogP contribution in [0.25, 0.3) is 0 Å². The lowest BCUT2D eigenvalue weighted by atomic mass is 10.2. The molecule has 0 bridgehead atoms. The van der Waals surface area contributed by atoms with Gasteiger partial charge in [-0.2, -0.15) is 9.97 Å². The predicted molar refractivity (Wildman–Crippen MR) is 65.3 cm³/mol. The number of nitrogens with zero attached hydrogens (tertiary/aromatic N) is 3. The smallest absolute Gasteiger partial charge is 0.223 e. The lowest BCUT2D eigenvalue weighted by Gasteiger charge is -2.15. The lowest BCUT2D eigenvalue weighted by Crippen LogP contribution is -2.15. The first-order valence-electron chi connectivity index (χ1n) is 6.36. The van der Waals surface area contributed by atoms with E-state index in [0.717, 1.165) is 18.7 Å². The van der Waals surface area contributed by atoms with E-state index in [2.05, 4.69) is 21.9 Å². The van der Waals surface area contributed by atoms with Gasteiger partial charge in [-0.1, -0.05) is 6.92 Å². The monoisotopic (exact) mass is 236 g/mol. The predicted octanol–water partition coefficient (Wildman–Crippen LogP) is 1.89. The minimum Gasteiger partial charge on any atom is -0.370 e.